The minimum absolute atomic E-state index is 0.177. The molecule has 0 bridgehead atoms. The van der Waals surface area contributed by atoms with Gasteiger partial charge in [0.25, 0.3) is 0 Å². The third kappa shape index (κ3) is 7.76. The van der Waals surface area contributed by atoms with Gasteiger partial charge in [0.15, 0.2) is 0 Å². The van der Waals surface area contributed by atoms with Crippen molar-refractivity contribution in [3.63, 3.8) is 0 Å². The van der Waals surface area contributed by atoms with Gasteiger partial charge in [0.05, 0.1) is 12.7 Å². The summed E-state index contributed by atoms with van der Waals surface area (Å²) in [6.45, 7) is 9.29. The maximum absolute atomic E-state index is 13.8. The lowest BCUT2D eigenvalue weighted by atomic mass is 9.94. The molecule has 8 nitrogen and oxygen atoms in total. The fraction of sp³-hybridized carbons (Fsp3) is 0.429. The summed E-state index contributed by atoms with van der Waals surface area (Å²) in [6, 6.07) is 22.7. The molecule has 0 spiro atoms. The van der Waals surface area contributed by atoms with Crippen molar-refractivity contribution in [2.75, 3.05) is 18.4 Å². The summed E-state index contributed by atoms with van der Waals surface area (Å²) >= 11 is 0. The topological polar surface area (TPSA) is 89.1 Å². The molecule has 0 aromatic heterocycles. The molecule has 2 unspecified atom stereocenters. The first-order valence-corrected chi connectivity index (χ1v) is 15.2. The molecule has 3 aromatic carbocycles. The number of benzene rings is 3. The summed E-state index contributed by atoms with van der Waals surface area (Å²) in [5.41, 5.74) is -0.178. The molecule has 0 radical (unpaired) electrons. The van der Waals surface area contributed by atoms with Gasteiger partial charge in [-0.2, -0.15) is 0 Å². The van der Waals surface area contributed by atoms with Gasteiger partial charge in [-0.25, -0.2) is 9.18 Å². The molecule has 2 fully saturated rings. The van der Waals surface area contributed by atoms with Crippen LogP contribution in [0.25, 0.3) is 0 Å². The lowest BCUT2D eigenvalue weighted by Crippen LogP contribution is -2.51. The van der Waals surface area contributed by atoms with Crippen LogP contribution < -0.4 is 15.4 Å². The number of nitrogens with one attached hydrogen (secondary N) is 2. The average molecular weight is 604 g/mol. The summed E-state index contributed by atoms with van der Waals surface area (Å²) in [4.78, 5) is 28.5. The molecule has 9 heteroatoms. The van der Waals surface area contributed by atoms with E-state index < -0.39 is 11.1 Å². The van der Waals surface area contributed by atoms with Crippen LogP contribution in [0.1, 0.15) is 58.9 Å². The van der Waals surface area contributed by atoms with E-state index in [2.05, 4.69) is 17.6 Å². The van der Waals surface area contributed by atoms with E-state index in [-0.39, 0.29) is 29.5 Å². The Hall–Kier alpha value is -3.95. The van der Waals surface area contributed by atoms with Crippen LogP contribution in [0.2, 0.25) is 0 Å². The van der Waals surface area contributed by atoms with Crippen LogP contribution in [0, 0.1) is 5.82 Å². The number of nitrogens with zero attached hydrogens (tertiary/aromatic N) is 1. The van der Waals surface area contributed by atoms with Crippen molar-refractivity contribution in [3.8, 4) is 11.5 Å². The van der Waals surface area contributed by atoms with Gasteiger partial charge in [-0.05, 0) is 108 Å². The molecule has 2 aliphatic rings. The highest BCUT2D eigenvalue weighted by molar-refractivity contribution is 6.01. The number of hydrogen-bond donors (Lipinski definition) is 2. The number of hydrogen-bond acceptors (Lipinski definition) is 6. The van der Waals surface area contributed by atoms with E-state index in [9.17, 15) is 14.0 Å². The Morgan fingerprint density at radius 3 is 2.30 bits per heavy atom. The molecule has 5 rings (SSSR count). The Kier molecular flexibility index (Phi) is 9.27. The van der Waals surface area contributed by atoms with Gasteiger partial charge in [-0.3, -0.25) is 4.79 Å². The largest absolute Gasteiger partial charge is 0.457 e. The first-order valence-electron chi connectivity index (χ1n) is 15.2. The number of carbonyl (C=O) groups excluding carboxylic acids is 2. The monoisotopic (exact) mass is 603 g/mol. The second-order valence-electron chi connectivity index (χ2n) is 12.9. The van der Waals surface area contributed by atoms with Crippen molar-refractivity contribution < 1.29 is 28.2 Å². The minimum Gasteiger partial charge on any atom is -0.457 e. The molecular weight excluding hydrogens is 561 g/mol. The highest BCUT2D eigenvalue weighted by Crippen LogP contribution is 2.42. The van der Waals surface area contributed by atoms with E-state index in [0.717, 1.165) is 18.4 Å². The van der Waals surface area contributed by atoms with Gasteiger partial charge >= 0.3 is 6.09 Å². The number of amides is 2. The Balaban J connectivity index is 1.23. The zero-order valence-electron chi connectivity index (χ0n) is 25.9. The summed E-state index contributed by atoms with van der Waals surface area (Å²) < 4.78 is 30.9. The van der Waals surface area contributed by atoms with Gasteiger partial charge < -0.3 is 29.7 Å². The molecule has 44 heavy (non-hydrogen) atoms. The van der Waals surface area contributed by atoms with E-state index in [0.29, 0.717) is 49.7 Å². The van der Waals surface area contributed by atoms with Crippen molar-refractivity contribution in [2.45, 2.75) is 82.8 Å². The van der Waals surface area contributed by atoms with Crippen LogP contribution in [0.15, 0.2) is 78.9 Å². The van der Waals surface area contributed by atoms with E-state index in [1.54, 1.807) is 36.4 Å². The van der Waals surface area contributed by atoms with E-state index in [4.69, 9.17) is 14.2 Å². The molecule has 2 amide bonds. The van der Waals surface area contributed by atoms with E-state index >= 15 is 0 Å². The van der Waals surface area contributed by atoms with Crippen molar-refractivity contribution in [1.29, 1.82) is 0 Å². The first-order chi connectivity index (χ1) is 21.0. The molecule has 3 aromatic rings. The number of halogens is 1. The summed E-state index contributed by atoms with van der Waals surface area (Å²) in [5, 5.41) is 6.55. The van der Waals surface area contributed by atoms with Gasteiger partial charge in [0.1, 0.15) is 28.5 Å². The number of likely N-dealkylation sites (tertiary alicyclic amines) is 1. The van der Waals surface area contributed by atoms with E-state index in [1.165, 1.54) is 12.1 Å². The second kappa shape index (κ2) is 13.0. The standard InChI is InChI=1S/C35H42FN3O5/c1-33(2,3)44-32(41)39-22-8-19-34(39,4)20-21-37-35(23-30(35)42-24-25-9-6-5-7-10-25)31(40)38-27-13-17-29(18-14-27)43-28-15-11-26(36)12-16-28/h5-7,9-18,30,37H,8,19-24H2,1-4H3,(H,38,40)/t30?,34-,35?/m0/s1. The summed E-state index contributed by atoms with van der Waals surface area (Å²) in [6.07, 6.45) is 2.37. The number of anilines is 1. The van der Waals surface area contributed by atoms with Crippen LogP contribution in [0.4, 0.5) is 14.9 Å². The molecule has 1 saturated carbocycles. The van der Waals surface area contributed by atoms with Gasteiger partial charge in [-0.15, -0.1) is 0 Å². The molecule has 234 valence electrons. The highest BCUT2D eigenvalue weighted by atomic mass is 19.1. The SMILES string of the molecule is CC(C)(C)OC(=O)N1CCC[C@@]1(C)CCNC1(C(=O)Nc2ccc(Oc3ccc(F)cc3)cc2)CC1OCc1ccccc1. The zero-order chi connectivity index (χ0) is 31.4. The third-order valence-electron chi connectivity index (χ3n) is 8.22. The van der Waals surface area contributed by atoms with Gasteiger partial charge in [-0.1, -0.05) is 30.3 Å². The fourth-order valence-corrected chi connectivity index (χ4v) is 5.66. The fourth-order valence-electron chi connectivity index (χ4n) is 5.66. The van der Waals surface area contributed by atoms with Gasteiger partial charge in [0.2, 0.25) is 5.91 Å². The number of carbonyl (C=O) groups is 2. The van der Waals surface area contributed by atoms with Crippen LogP contribution in [0.5, 0.6) is 11.5 Å². The van der Waals surface area contributed by atoms with Crippen LogP contribution in [-0.2, 0) is 20.9 Å². The second-order valence-corrected chi connectivity index (χ2v) is 12.9. The molecule has 3 atom stereocenters. The highest BCUT2D eigenvalue weighted by Gasteiger charge is 2.61. The summed E-state index contributed by atoms with van der Waals surface area (Å²) in [7, 11) is 0. The Bertz CT molecular complexity index is 1430. The average Bonchev–Trinajstić information content (AvgIpc) is 3.56. The third-order valence-corrected chi connectivity index (χ3v) is 8.22. The Labute approximate surface area is 258 Å². The molecular formula is C35H42FN3O5. The van der Waals surface area contributed by atoms with Crippen LogP contribution in [0.3, 0.4) is 0 Å². The maximum Gasteiger partial charge on any atom is 0.410 e. The first kappa shape index (κ1) is 31.5. The van der Waals surface area contributed by atoms with Crippen LogP contribution >= 0.6 is 0 Å². The zero-order valence-corrected chi connectivity index (χ0v) is 25.9. The van der Waals surface area contributed by atoms with Crippen molar-refractivity contribution in [1.82, 2.24) is 10.2 Å². The lowest BCUT2D eigenvalue weighted by molar-refractivity contribution is -0.120. The Morgan fingerprint density at radius 2 is 1.64 bits per heavy atom. The van der Waals surface area contributed by atoms with Crippen molar-refractivity contribution >= 4 is 17.7 Å². The van der Waals surface area contributed by atoms with Gasteiger partial charge in [0, 0.05) is 24.2 Å². The van der Waals surface area contributed by atoms with Crippen molar-refractivity contribution in [3.05, 3.63) is 90.2 Å². The number of ether oxygens (including phenoxy) is 3. The predicted octanol–water partition coefficient (Wildman–Crippen LogP) is 7.05. The molecule has 1 saturated heterocycles. The minimum atomic E-state index is -0.899. The van der Waals surface area contributed by atoms with E-state index in [1.807, 2.05) is 56.0 Å². The van der Waals surface area contributed by atoms with Crippen LogP contribution in [-0.4, -0.2) is 52.8 Å². The Morgan fingerprint density at radius 1 is 0.977 bits per heavy atom. The quantitative estimate of drug-likeness (QED) is 0.244. The molecule has 2 N–H and O–H groups in total. The smallest absolute Gasteiger partial charge is 0.410 e. The lowest BCUT2D eigenvalue weighted by Gasteiger charge is -2.37. The molecule has 1 heterocycles. The molecule has 1 aliphatic carbocycles. The predicted molar refractivity (Wildman–Crippen MR) is 167 cm³/mol. The molecule has 1 aliphatic heterocycles. The maximum atomic E-state index is 13.8. The van der Waals surface area contributed by atoms with Crippen molar-refractivity contribution in [2.24, 2.45) is 0 Å². The number of rotatable bonds is 11. The normalized spacial score (nSPS) is 22.8. The summed E-state index contributed by atoms with van der Waals surface area (Å²) in [5.74, 6) is 0.575.